The molecule has 20 heavy (non-hydrogen) atoms. The fraction of sp³-hybridized carbons (Fsp3) is 0.385. The highest BCUT2D eigenvalue weighted by atomic mass is 32.2. The molecular formula is C13H17N3O3S. The van der Waals surface area contributed by atoms with Crippen molar-refractivity contribution in [2.75, 3.05) is 5.73 Å². The highest BCUT2D eigenvalue weighted by Crippen LogP contribution is 2.23. The summed E-state index contributed by atoms with van der Waals surface area (Å²) in [4.78, 5) is 15.8. The first kappa shape index (κ1) is 14.5. The van der Waals surface area contributed by atoms with Crippen LogP contribution in [0, 0.1) is 0 Å². The Hall–Kier alpha value is -1.89. The topological polar surface area (TPSA) is 95.1 Å². The van der Waals surface area contributed by atoms with Gasteiger partial charge in [-0.2, -0.15) is 0 Å². The van der Waals surface area contributed by atoms with Gasteiger partial charge in [0.1, 0.15) is 0 Å². The number of imidazole rings is 1. The zero-order chi connectivity index (χ0) is 15.1. The number of nitrogen functional groups attached to an aromatic ring is 1. The smallest absolute Gasteiger partial charge is 0.244 e. The van der Waals surface area contributed by atoms with E-state index in [0.717, 1.165) is 3.97 Å². The van der Waals surface area contributed by atoms with Crippen molar-refractivity contribution in [3.63, 3.8) is 0 Å². The van der Waals surface area contributed by atoms with Gasteiger partial charge in [0.15, 0.2) is 5.78 Å². The van der Waals surface area contributed by atoms with E-state index in [4.69, 9.17) is 5.73 Å². The van der Waals surface area contributed by atoms with E-state index < -0.39 is 15.3 Å². The van der Waals surface area contributed by atoms with Crippen LogP contribution < -0.4 is 5.73 Å². The monoisotopic (exact) mass is 295 g/mol. The first-order chi connectivity index (χ1) is 9.28. The van der Waals surface area contributed by atoms with Crippen molar-refractivity contribution in [3.05, 3.63) is 23.8 Å². The second-order valence-electron chi connectivity index (χ2n) is 4.81. The number of benzene rings is 1. The zero-order valence-electron chi connectivity index (χ0n) is 11.6. The van der Waals surface area contributed by atoms with Gasteiger partial charge in [0.05, 0.1) is 16.3 Å². The van der Waals surface area contributed by atoms with E-state index in [1.807, 2.05) is 0 Å². The minimum atomic E-state index is -3.62. The molecule has 0 aliphatic carbocycles. The molecule has 0 radical (unpaired) electrons. The number of aromatic nitrogens is 2. The molecule has 0 amide bonds. The lowest BCUT2D eigenvalue weighted by molar-refractivity contribution is 0.0988. The van der Waals surface area contributed by atoms with Gasteiger partial charge in [-0.25, -0.2) is 17.4 Å². The Labute approximate surface area is 117 Å². The Morgan fingerprint density at radius 1 is 1.40 bits per heavy atom. The second-order valence-corrected chi connectivity index (χ2v) is 7.15. The minimum absolute atomic E-state index is 0.0554. The predicted octanol–water partition coefficient (Wildman–Crippen LogP) is 1.80. The lowest BCUT2D eigenvalue weighted by Crippen LogP contribution is -2.23. The third-order valence-corrected chi connectivity index (χ3v) is 5.21. The Morgan fingerprint density at radius 2 is 2.05 bits per heavy atom. The molecule has 6 nitrogen and oxygen atoms in total. The summed E-state index contributed by atoms with van der Waals surface area (Å²) in [6, 6.07) is 4.78. The third-order valence-electron chi connectivity index (χ3n) is 3.13. The molecule has 2 rings (SSSR count). The number of nitrogens with zero attached hydrogens (tertiary/aromatic N) is 2. The minimum Gasteiger partial charge on any atom is -0.368 e. The number of hydrogen-bond acceptors (Lipinski definition) is 5. The quantitative estimate of drug-likeness (QED) is 0.868. The number of hydrogen-bond donors (Lipinski definition) is 1. The van der Waals surface area contributed by atoms with Crippen LogP contribution in [0.25, 0.3) is 11.0 Å². The average Bonchev–Trinajstić information content (AvgIpc) is 2.72. The first-order valence-electron chi connectivity index (χ1n) is 6.34. The molecule has 0 atom stereocenters. The molecule has 1 aromatic heterocycles. The average molecular weight is 295 g/mol. The maximum absolute atomic E-state index is 12.3. The summed E-state index contributed by atoms with van der Waals surface area (Å²) in [5, 5.41) is -0.632. The van der Waals surface area contributed by atoms with Crippen LogP contribution in [0.4, 0.5) is 5.95 Å². The van der Waals surface area contributed by atoms with Crippen molar-refractivity contribution in [2.45, 2.75) is 32.4 Å². The summed E-state index contributed by atoms with van der Waals surface area (Å²) in [7, 11) is -3.62. The van der Waals surface area contributed by atoms with Gasteiger partial charge < -0.3 is 5.73 Å². The van der Waals surface area contributed by atoms with Gasteiger partial charge in [-0.1, -0.05) is 6.92 Å². The van der Waals surface area contributed by atoms with E-state index >= 15 is 0 Å². The molecule has 0 saturated carbocycles. The molecule has 108 valence electrons. The van der Waals surface area contributed by atoms with Crippen LogP contribution in [-0.4, -0.2) is 28.4 Å². The number of fused-ring (bicyclic) bond motifs is 1. The maximum Gasteiger partial charge on any atom is 0.244 e. The van der Waals surface area contributed by atoms with Gasteiger partial charge in [0, 0.05) is 12.0 Å². The van der Waals surface area contributed by atoms with Crippen molar-refractivity contribution >= 4 is 32.8 Å². The summed E-state index contributed by atoms with van der Waals surface area (Å²) in [5.74, 6) is -0.144. The highest BCUT2D eigenvalue weighted by Gasteiger charge is 2.24. The summed E-state index contributed by atoms with van der Waals surface area (Å²) in [6.45, 7) is 4.90. The van der Waals surface area contributed by atoms with E-state index in [2.05, 4.69) is 4.98 Å². The van der Waals surface area contributed by atoms with E-state index in [1.54, 1.807) is 32.9 Å². The SMILES string of the molecule is CCC(=O)c1ccc2nc(N)n(S(=O)(=O)C(C)C)c2c1. The van der Waals surface area contributed by atoms with E-state index in [-0.39, 0.29) is 11.7 Å². The van der Waals surface area contributed by atoms with Gasteiger partial charge in [-0.05, 0) is 32.0 Å². The molecule has 2 N–H and O–H groups in total. The Morgan fingerprint density at radius 3 is 2.60 bits per heavy atom. The molecule has 2 aromatic rings. The van der Waals surface area contributed by atoms with Crippen LogP contribution >= 0.6 is 0 Å². The van der Waals surface area contributed by atoms with E-state index in [1.165, 1.54) is 6.07 Å². The second kappa shape index (κ2) is 4.90. The molecular weight excluding hydrogens is 278 g/mol. The van der Waals surface area contributed by atoms with Gasteiger partial charge in [0.25, 0.3) is 0 Å². The Balaban J connectivity index is 2.78. The summed E-state index contributed by atoms with van der Waals surface area (Å²) in [6.07, 6.45) is 0.353. The van der Waals surface area contributed by atoms with E-state index in [9.17, 15) is 13.2 Å². The number of ketones is 1. The number of carbonyl (C=O) groups excluding carboxylic acids is 1. The fourth-order valence-electron chi connectivity index (χ4n) is 1.93. The molecule has 0 aliphatic rings. The van der Waals surface area contributed by atoms with Gasteiger partial charge >= 0.3 is 0 Å². The number of carbonyl (C=O) groups is 1. The Kier molecular flexibility index (Phi) is 3.56. The summed E-state index contributed by atoms with van der Waals surface area (Å²) in [5.41, 5.74) is 6.98. The predicted molar refractivity (Wildman–Crippen MR) is 78.2 cm³/mol. The number of rotatable bonds is 4. The molecule has 0 aliphatic heterocycles. The lowest BCUT2D eigenvalue weighted by atomic mass is 10.1. The van der Waals surface area contributed by atoms with Gasteiger partial charge in [-0.15, -0.1) is 0 Å². The highest BCUT2D eigenvalue weighted by molar-refractivity contribution is 7.90. The molecule has 0 fully saturated rings. The number of anilines is 1. The van der Waals surface area contributed by atoms with Crippen molar-refractivity contribution < 1.29 is 13.2 Å². The van der Waals surface area contributed by atoms with Crippen LogP contribution in [0.1, 0.15) is 37.6 Å². The van der Waals surface area contributed by atoms with Crippen molar-refractivity contribution in [2.24, 2.45) is 0 Å². The van der Waals surface area contributed by atoms with Crippen LogP contribution in [0.15, 0.2) is 18.2 Å². The standard InChI is InChI=1S/C13H17N3O3S/c1-4-12(17)9-5-6-10-11(7-9)16(13(14)15-10)20(18,19)8(2)3/h5-8H,4H2,1-3H3,(H2,14,15). The molecule has 0 saturated heterocycles. The van der Waals surface area contributed by atoms with Crippen LogP contribution in [0.2, 0.25) is 0 Å². The van der Waals surface area contributed by atoms with Crippen molar-refractivity contribution in [3.8, 4) is 0 Å². The normalized spacial score (nSPS) is 12.2. The van der Waals surface area contributed by atoms with Crippen molar-refractivity contribution in [1.29, 1.82) is 0 Å². The summed E-state index contributed by atoms with van der Waals surface area (Å²) < 4.78 is 25.7. The van der Waals surface area contributed by atoms with Crippen molar-refractivity contribution in [1.82, 2.24) is 8.96 Å². The number of nitrogens with two attached hydrogens (primary N) is 1. The molecule has 0 bridgehead atoms. The molecule has 0 unspecified atom stereocenters. The van der Waals surface area contributed by atoms with Gasteiger partial charge in [-0.3, -0.25) is 4.79 Å². The van der Waals surface area contributed by atoms with Crippen LogP contribution in [0.5, 0.6) is 0 Å². The molecule has 1 aromatic carbocycles. The molecule has 0 spiro atoms. The fourth-order valence-corrected chi connectivity index (χ4v) is 3.07. The number of Topliss-reactive ketones (excluding diaryl/α,β-unsaturated/α-hetero) is 1. The van der Waals surface area contributed by atoms with E-state index in [0.29, 0.717) is 23.0 Å². The summed E-state index contributed by atoms with van der Waals surface area (Å²) >= 11 is 0. The van der Waals surface area contributed by atoms with Gasteiger partial charge in [0.2, 0.25) is 16.0 Å². The largest absolute Gasteiger partial charge is 0.368 e. The van der Waals surface area contributed by atoms with Crippen LogP contribution in [0.3, 0.4) is 0 Å². The molecule has 1 heterocycles. The van der Waals surface area contributed by atoms with Crippen LogP contribution in [-0.2, 0) is 10.0 Å². The first-order valence-corrected chi connectivity index (χ1v) is 7.85. The lowest BCUT2D eigenvalue weighted by Gasteiger charge is -2.11. The Bertz CT molecular complexity index is 776. The maximum atomic E-state index is 12.3. The molecule has 7 heteroatoms. The third kappa shape index (κ3) is 2.18. The zero-order valence-corrected chi connectivity index (χ0v) is 12.4.